The number of carbonyl (C=O) groups excluding carboxylic acids is 1. The zero-order chi connectivity index (χ0) is 28.9. The Labute approximate surface area is 238 Å². The van der Waals surface area contributed by atoms with Gasteiger partial charge in [-0.2, -0.15) is 4.31 Å². The molecule has 2 aliphatic carbocycles. The molecule has 0 bridgehead atoms. The summed E-state index contributed by atoms with van der Waals surface area (Å²) in [4.78, 5) is 26.4. The molecule has 0 unspecified atom stereocenters. The maximum Gasteiger partial charge on any atom is 0.258 e. The molecule has 2 heterocycles. The lowest BCUT2D eigenvalue weighted by Gasteiger charge is -2.23. The van der Waals surface area contributed by atoms with Crippen LogP contribution in [0.3, 0.4) is 0 Å². The number of aliphatic hydroxyl groups is 1. The van der Waals surface area contributed by atoms with Crippen molar-refractivity contribution in [3.8, 4) is 11.1 Å². The van der Waals surface area contributed by atoms with E-state index >= 15 is 4.39 Å². The molecule has 3 fully saturated rings. The van der Waals surface area contributed by atoms with E-state index in [0.717, 1.165) is 25.7 Å². The van der Waals surface area contributed by atoms with E-state index in [-0.39, 0.29) is 51.9 Å². The molecular weight excluding hydrogens is 547 g/mol. The summed E-state index contributed by atoms with van der Waals surface area (Å²) in [6.45, 7) is 3.64. The highest BCUT2D eigenvalue weighted by Crippen LogP contribution is 2.46. The first-order valence-electron chi connectivity index (χ1n) is 14.2. The van der Waals surface area contributed by atoms with Crippen molar-refractivity contribution >= 4 is 26.7 Å². The zero-order valence-electron chi connectivity index (χ0n) is 23.1. The molecule has 0 atom stereocenters. The summed E-state index contributed by atoms with van der Waals surface area (Å²) in [5, 5.41) is 16.5. The van der Waals surface area contributed by atoms with Crippen LogP contribution in [0.25, 0.3) is 21.9 Å². The third-order valence-corrected chi connectivity index (χ3v) is 10.5. The lowest BCUT2D eigenvalue weighted by atomic mass is 9.95. The molecule has 6 rings (SSSR count). The fraction of sp³-hybridized carbons (Fsp3) is 0.467. The van der Waals surface area contributed by atoms with E-state index in [1.54, 1.807) is 31.2 Å². The number of hydrogen-bond donors (Lipinski definition) is 3. The first kappa shape index (κ1) is 28.0. The highest BCUT2D eigenvalue weighted by molar-refractivity contribution is 7.89. The minimum absolute atomic E-state index is 0.00495. The summed E-state index contributed by atoms with van der Waals surface area (Å²) in [6, 6.07) is 7.82. The maximum atomic E-state index is 15.1. The van der Waals surface area contributed by atoms with Gasteiger partial charge in [-0.15, -0.1) is 0 Å². The second-order valence-corrected chi connectivity index (χ2v) is 13.6. The largest absolute Gasteiger partial charge is 0.396 e. The number of benzene rings is 2. The fourth-order valence-corrected chi connectivity index (χ4v) is 7.25. The molecule has 1 saturated heterocycles. The van der Waals surface area contributed by atoms with Crippen LogP contribution in [0.5, 0.6) is 0 Å². The number of amides is 1. The first-order chi connectivity index (χ1) is 19.6. The standard InChI is InChI=1S/C30H35FN4O5S/c1-19-24(14-21(15-26(19)31)28(37)33-22-4-5-22)20-3-6-23-25(13-20)27(41(39,40)35-11-2-9-32-10-12-35)16-34(29(23)38)17-30(18-36)7-8-30/h3,6,13-16,22,32,36H,2,4-5,7-12,17-18H2,1H3,(H,33,37). The van der Waals surface area contributed by atoms with Crippen molar-refractivity contribution in [2.75, 3.05) is 32.8 Å². The van der Waals surface area contributed by atoms with Crippen molar-refractivity contribution in [1.82, 2.24) is 19.5 Å². The molecule has 3 aromatic rings. The number of fused-ring (bicyclic) bond motifs is 1. The number of nitrogens with zero attached hydrogens (tertiary/aromatic N) is 2. The Bertz CT molecular complexity index is 1690. The second-order valence-electron chi connectivity index (χ2n) is 11.7. The Balaban J connectivity index is 1.51. The SMILES string of the molecule is Cc1c(F)cc(C(=O)NC2CC2)cc1-c1ccc2c(=O)n(CC3(CO)CC3)cc(S(=O)(=O)N3CCCNCC3)c2c1. The van der Waals surface area contributed by atoms with Gasteiger partial charge in [0.25, 0.3) is 11.5 Å². The summed E-state index contributed by atoms with van der Waals surface area (Å²) in [5.74, 6) is -0.894. The Morgan fingerprint density at radius 2 is 1.93 bits per heavy atom. The van der Waals surface area contributed by atoms with E-state index in [4.69, 9.17) is 0 Å². The highest BCUT2D eigenvalue weighted by atomic mass is 32.2. The highest BCUT2D eigenvalue weighted by Gasteiger charge is 2.43. The molecule has 2 aromatic carbocycles. The minimum atomic E-state index is -4.01. The predicted molar refractivity (Wildman–Crippen MR) is 154 cm³/mol. The van der Waals surface area contributed by atoms with Crippen LogP contribution in [0.2, 0.25) is 0 Å². The van der Waals surface area contributed by atoms with Crippen molar-refractivity contribution in [3.63, 3.8) is 0 Å². The summed E-state index contributed by atoms with van der Waals surface area (Å²) in [7, 11) is -4.01. The number of aliphatic hydroxyl groups excluding tert-OH is 1. The second kappa shape index (κ2) is 10.6. The van der Waals surface area contributed by atoms with E-state index in [1.165, 1.54) is 21.1 Å². The first-order valence-corrected chi connectivity index (χ1v) is 15.7. The van der Waals surface area contributed by atoms with Crippen LogP contribution < -0.4 is 16.2 Å². The average molecular weight is 583 g/mol. The van der Waals surface area contributed by atoms with Crippen LogP contribution in [0.1, 0.15) is 48.0 Å². The van der Waals surface area contributed by atoms with E-state index in [2.05, 4.69) is 10.6 Å². The van der Waals surface area contributed by atoms with Gasteiger partial charge in [-0.05, 0) is 86.5 Å². The van der Waals surface area contributed by atoms with E-state index in [1.807, 2.05) is 0 Å². The van der Waals surface area contributed by atoms with Crippen molar-refractivity contribution in [2.45, 2.75) is 56.5 Å². The predicted octanol–water partition coefficient (Wildman–Crippen LogP) is 2.76. The number of rotatable bonds is 8. The van der Waals surface area contributed by atoms with Gasteiger partial charge in [0.05, 0.1) is 6.61 Å². The Kier molecular flexibility index (Phi) is 7.25. The molecule has 0 radical (unpaired) electrons. The fourth-order valence-electron chi connectivity index (χ4n) is 5.56. The normalized spacial score (nSPS) is 19.2. The lowest BCUT2D eigenvalue weighted by molar-refractivity contribution is 0.0950. The van der Waals surface area contributed by atoms with Crippen molar-refractivity contribution in [3.05, 3.63) is 63.8 Å². The number of hydrogen-bond acceptors (Lipinski definition) is 6. The minimum Gasteiger partial charge on any atom is -0.396 e. The number of sulfonamides is 1. The third kappa shape index (κ3) is 5.43. The zero-order valence-corrected chi connectivity index (χ0v) is 23.9. The van der Waals surface area contributed by atoms with Gasteiger partial charge >= 0.3 is 0 Å². The van der Waals surface area contributed by atoms with Gasteiger partial charge < -0.3 is 20.3 Å². The lowest BCUT2D eigenvalue weighted by Crippen LogP contribution is -2.35. The molecule has 3 aliphatic rings. The summed E-state index contributed by atoms with van der Waals surface area (Å²) >= 11 is 0. The maximum absolute atomic E-state index is 15.1. The number of carbonyl (C=O) groups is 1. The number of aromatic nitrogens is 1. The van der Waals surface area contributed by atoms with Crippen LogP contribution in [0, 0.1) is 18.2 Å². The molecule has 0 spiro atoms. The van der Waals surface area contributed by atoms with Crippen molar-refractivity contribution < 1.29 is 22.7 Å². The molecule has 1 aromatic heterocycles. The van der Waals surface area contributed by atoms with E-state index in [0.29, 0.717) is 49.3 Å². The van der Waals surface area contributed by atoms with Crippen molar-refractivity contribution in [2.24, 2.45) is 5.41 Å². The Morgan fingerprint density at radius 1 is 1.15 bits per heavy atom. The Morgan fingerprint density at radius 3 is 2.63 bits per heavy atom. The molecule has 11 heteroatoms. The Hall–Kier alpha value is -3.12. The van der Waals surface area contributed by atoms with Crippen LogP contribution >= 0.6 is 0 Å². The number of nitrogens with one attached hydrogen (secondary N) is 2. The van der Waals surface area contributed by atoms with E-state index < -0.39 is 21.3 Å². The third-order valence-electron chi connectivity index (χ3n) is 8.59. The molecule has 1 aliphatic heterocycles. The molecular formula is C30H35FN4O5S. The smallest absolute Gasteiger partial charge is 0.258 e. The van der Waals surface area contributed by atoms with Gasteiger partial charge in [0.15, 0.2) is 0 Å². The molecule has 3 N–H and O–H groups in total. The molecule has 9 nitrogen and oxygen atoms in total. The van der Waals surface area contributed by atoms with Crippen molar-refractivity contribution in [1.29, 1.82) is 0 Å². The van der Waals surface area contributed by atoms with Crippen LogP contribution in [0.15, 0.2) is 46.2 Å². The molecule has 41 heavy (non-hydrogen) atoms. The van der Waals surface area contributed by atoms with Gasteiger partial charge in [0, 0.05) is 60.2 Å². The van der Waals surface area contributed by atoms with E-state index in [9.17, 15) is 23.1 Å². The molecule has 2 saturated carbocycles. The van der Waals surface area contributed by atoms with Gasteiger partial charge in [0.1, 0.15) is 10.7 Å². The van der Waals surface area contributed by atoms with Crippen LogP contribution in [-0.4, -0.2) is 67.1 Å². The topological polar surface area (TPSA) is 121 Å². The van der Waals surface area contributed by atoms with Gasteiger partial charge in [-0.3, -0.25) is 9.59 Å². The summed E-state index contributed by atoms with van der Waals surface area (Å²) in [6.07, 6.45) is 5.40. The van der Waals surface area contributed by atoms with Crippen LogP contribution in [-0.2, 0) is 16.6 Å². The van der Waals surface area contributed by atoms with Gasteiger partial charge in [-0.25, -0.2) is 12.8 Å². The average Bonchev–Trinajstić information content (AvgIpc) is 3.87. The van der Waals surface area contributed by atoms with Crippen LogP contribution in [0.4, 0.5) is 4.39 Å². The monoisotopic (exact) mass is 582 g/mol. The quantitative estimate of drug-likeness (QED) is 0.376. The van der Waals surface area contributed by atoms with Gasteiger partial charge in [-0.1, -0.05) is 6.07 Å². The van der Waals surface area contributed by atoms with Gasteiger partial charge in [0.2, 0.25) is 10.0 Å². The molecule has 1 amide bonds. The number of halogens is 1. The summed E-state index contributed by atoms with van der Waals surface area (Å²) in [5.41, 5.74) is 0.715. The number of pyridine rings is 1. The summed E-state index contributed by atoms with van der Waals surface area (Å²) < 4.78 is 46.1. The molecule has 218 valence electrons.